The highest BCUT2D eigenvalue weighted by Gasteiger charge is 2.47. The van der Waals surface area contributed by atoms with Gasteiger partial charge in [0, 0.05) is 22.3 Å². The third-order valence-electron chi connectivity index (χ3n) is 6.00. The van der Waals surface area contributed by atoms with Crippen LogP contribution < -0.4 is 10.4 Å². The molecular weight excluding hydrogens is 318 g/mol. The molecule has 0 spiro atoms. The lowest BCUT2D eigenvalue weighted by Crippen LogP contribution is -2.34. The summed E-state index contributed by atoms with van der Waals surface area (Å²) in [6, 6.07) is 4.43. The van der Waals surface area contributed by atoms with E-state index in [0.29, 0.717) is 17.6 Å². The number of rotatable bonds is 0. The summed E-state index contributed by atoms with van der Waals surface area (Å²) < 4.78 is 27.6. The van der Waals surface area contributed by atoms with Crippen LogP contribution >= 0.6 is 23.5 Å². The first kappa shape index (κ1) is 12.7. The van der Waals surface area contributed by atoms with Crippen LogP contribution in [0, 0.1) is 5.92 Å². The maximum absolute atomic E-state index is 13.9. The Hall–Kier alpha value is -0.740. The summed E-state index contributed by atoms with van der Waals surface area (Å²) in [7, 11) is 0. The van der Waals surface area contributed by atoms with Gasteiger partial charge < -0.3 is 0 Å². The molecule has 5 unspecified atom stereocenters. The van der Waals surface area contributed by atoms with E-state index in [-0.39, 0.29) is 16.3 Å². The van der Waals surface area contributed by atoms with Gasteiger partial charge in [0.25, 0.3) is 0 Å². The Bertz CT molecular complexity index is 885. The fourth-order valence-electron chi connectivity index (χ4n) is 5.26. The molecule has 4 heteroatoms. The number of benzene rings is 1. The fraction of sp³-hybridized carbons (Fsp3) is 0.444. The van der Waals surface area contributed by atoms with Gasteiger partial charge in [0.15, 0.2) is 5.16 Å². The highest BCUT2D eigenvalue weighted by Crippen LogP contribution is 2.57. The maximum Gasteiger partial charge on any atom is 0.153 e. The number of allylic oxidation sites excluding steroid dienone is 1. The van der Waals surface area contributed by atoms with E-state index >= 15 is 0 Å². The van der Waals surface area contributed by atoms with Gasteiger partial charge in [-0.3, -0.25) is 0 Å². The topological polar surface area (TPSA) is 0 Å². The second-order valence-corrected chi connectivity index (χ2v) is 9.31. The van der Waals surface area contributed by atoms with E-state index in [9.17, 15) is 8.78 Å². The van der Waals surface area contributed by atoms with Gasteiger partial charge in [-0.25, -0.2) is 4.39 Å². The van der Waals surface area contributed by atoms with E-state index in [2.05, 4.69) is 12.1 Å². The van der Waals surface area contributed by atoms with Crippen molar-refractivity contribution in [3.8, 4) is 0 Å². The molecule has 0 nitrogen and oxygen atoms in total. The zero-order chi connectivity index (χ0) is 14.6. The first-order valence-electron chi connectivity index (χ1n) is 7.95. The van der Waals surface area contributed by atoms with Crippen molar-refractivity contribution in [2.75, 3.05) is 0 Å². The molecule has 6 rings (SSSR count). The molecule has 2 aliphatic heterocycles. The predicted octanol–water partition coefficient (Wildman–Crippen LogP) is 3.91. The summed E-state index contributed by atoms with van der Waals surface area (Å²) in [5.74, 6) is 0.630. The van der Waals surface area contributed by atoms with Crippen LogP contribution in [0.15, 0.2) is 23.4 Å². The van der Waals surface area contributed by atoms with E-state index in [1.807, 2.05) is 6.08 Å². The molecule has 1 aromatic rings. The van der Waals surface area contributed by atoms with Crippen LogP contribution in [-0.2, 0) is 0 Å². The van der Waals surface area contributed by atoms with Crippen LogP contribution in [-0.4, -0.2) is 10.8 Å². The third-order valence-corrected chi connectivity index (χ3v) is 8.56. The Morgan fingerprint density at radius 3 is 2.68 bits per heavy atom. The van der Waals surface area contributed by atoms with Crippen LogP contribution in [0.1, 0.15) is 41.6 Å². The minimum absolute atomic E-state index is 0.0175. The van der Waals surface area contributed by atoms with E-state index in [0.717, 1.165) is 12.8 Å². The van der Waals surface area contributed by atoms with Crippen molar-refractivity contribution in [1.82, 2.24) is 0 Å². The predicted molar refractivity (Wildman–Crippen MR) is 88.4 cm³/mol. The average molecular weight is 332 g/mol. The van der Waals surface area contributed by atoms with Crippen molar-refractivity contribution in [3.63, 3.8) is 0 Å². The number of fused-ring (bicyclic) bond motifs is 6. The van der Waals surface area contributed by atoms with E-state index < -0.39 is 5.50 Å². The zero-order valence-electron chi connectivity index (χ0n) is 11.8. The Morgan fingerprint density at radius 2 is 1.77 bits per heavy atom. The summed E-state index contributed by atoms with van der Waals surface area (Å²) in [6.45, 7) is 0. The first-order chi connectivity index (χ1) is 10.7. The molecule has 3 aliphatic carbocycles. The average Bonchev–Trinajstić information content (AvgIpc) is 3.19. The molecule has 0 amide bonds. The molecule has 1 fully saturated rings. The van der Waals surface area contributed by atoms with Crippen molar-refractivity contribution in [2.45, 2.75) is 41.2 Å². The second kappa shape index (κ2) is 4.02. The van der Waals surface area contributed by atoms with Gasteiger partial charge in [0.1, 0.15) is 5.50 Å². The molecule has 2 heterocycles. The Labute approximate surface area is 135 Å². The molecule has 0 bridgehead atoms. The largest absolute Gasteiger partial charge is 0.236 e. The molecule has 0 saturated carbocycles. The molecule has 0 N–H and O–H groups in total. The summed E-state index contributed by atoms with van der Waals surface area (Å²) in [5.41, 5.74) is 4.92. The maximum atomic E-state index is 13.9. The van der Waals surface area contributed by atoms with Gasteiger partial charge in [-0.15, -0.1) is 11.8 Å². The quantitative estimate of drug-likeness (QED) is 0.706. The lowest BCUT2D eigenvalue weighted by atomic mass is 9.90. The van der Waals surface area contributed by atoms with Crippen molar-refractivity contribution >= 4 is 34.7 Å². The van der Waals surface area contributed by atoms with E-state index in [1.165, 1.54) is 56.2 Å². The van der Waals surface area contributed by atoms with Gasteiger partial charge in [-0.2, -0.15) is 4.39 Å². The Morgan fingerprint density at radius 1 is 1.00 bits per heavy atom. The van der Waals surface area contributed by atoms with Crippen molar-refractivity contribution in [1.29, 1.82) is 0 Å². The minimum atomic E-state index is -0.707. The molecule has 0 radical (unpaired) electrons. The highest BCUT2D eigenvalue weighted by atomic mass is 32.2. The lowest BCUT2D eigenvalue weighted by Gasteiger charge is -2.18. The summed E-state index contributed by atoms with van der Waals surface area (Å²) in [4.78, 5) is 0. The summed E-state index contributed by atoms with van der Waals surface area (Å²) in [5, 5.41) is 3.46. The SMILES string of the molecule is FC1=CC2C3=c4c(ccc5c4=C(CC3)C3SC(F)CC53)C2S1. The van der Waals surface area contributed by atoms with Crippen LogP contribution in [0.4, 0.5) is 8.78 Å². The van der Waals surface area contributed by atoms with Gasteiger partial charge >= 0.3 is 0 Å². The van der Waals surface area contributed by atoms with Gasteiger partial charge in [0.05, 0.1) is 0 Å². The number of halogens is 2. The first-order valence-corrected chi connectivity index (χ1v) is 9.77. The molecule has 22 heavy (non-hydrogen) atoms. The number of hydrogen-bond acceptors (Lipinski definition) is 2. The molecule has 112 valence electrons. The fourth-order valence-corrected chi connectivity index (χ4v) is 7.93. The molecule has 5 atom stereocenters. The summed E-state index contributed by atoms with van der Waals surface area (Å²) >= 11 is 2.91. The summed E-state index contributed by atoms with van der Waals surface area (Å²) in [6.07, 6.45) is 4.56. The van der Waals surface area contributed by atoms with Gasteiger partial charge in [0.2, 0.25) is 0 Å². The van der Waals surface area contributed by atoms with E-state index in [1.54, 1.807) is 0 Å². The molecular formula is C18H14F2S2. The Kier molecular flexibility index (Phi) is 2.31. The van der Waals surface area contributed by atoms with Crippen molar-refractivity contribution < 1.29 is 8.78 Å². The molecule has 1 aromatic carbocycles. The number of alkyl halides is 1. The third kappa shape index (κ3) is 1.34. The normalized spacial score (nSPS) is 39.9. The molecule has 5 aliphatic rings. The van der Waals surface area contributed by atoms with Crippen LogP contribution in [0.2, 0.25) is 0 Å². The van der Waals surface area contributed by atoms with Crippen LogP contribution in [0.5, 0.6) is 0 Å². The second-order valence-electron chi connectivity index (χ2n) is 6.89. The molecule has 0 aromatic heterocycles. The minimum Gasteiger partial charge on any atom is -0.236 e. The van der Waals surface area contributed by atoms with Gasteiger partial charge in [-0.1, -0.05) is 29.5 Å². The zero-order valence-corrected chi connectivity index (χ0v) is 13.4. The Balaban J connectivity index is 1.69. The van der Waals surface area contributed by atoms with Crippen LogP contribution in [0.25, 0.3) is 11.1 Å². The van der Waals surface area contributed by atoms with E-state index in [4.69, 9.17) is 0 Å². The monoisotopic (exact) mass is 332 g/mol. The van der Waals surface area contributed by atoms with Crippen molar-refractivity contribution in [2.24, 2.45) is 5.92 Å². The van der Waals surface area contributed by atoms with Crippen LogP contribution in [0.3, 0.4) is 0 Å². The highest BCUT2D eigenvalue weighted by molar-refractivity contribution is 8.03. The molecule has 1 saturated heterocycles. The number of hydrogen-bond donors (Lipinski definition) is 0. The van der Waals surface area contributed by atoms with Gasteiger partial charge in [-0.05, 0) is 52.5 Å². The smallest absolute Gasteiger partial charge is 0.153 e. The standard InChI is InChI=1S/C18H14F2S2/c19-13-5-11-7-1-3-9-16-8(12-6-14(20)21-17(9)12)2-4-10(15(7)16)18(11)22-13/h1,3,6,11-13,17-18H,2,4-5H2. The number of thioether (sulfide) groups is 2. The van der Waals surface area contributed by atoms with Crippen molar-refractivity contribution in [3.05, 3.63) is 44.9 Å². The lowest BCUT2D eigenvalue weighted by molar-refractivity contribution is 0.424.